The Labute approximate surface area is 225 Å². The molecule has 1 aliphatic rings. The van der Waals surface area contributed by atoms with Crippen LogP contribution in [0.3, 0.4) is 0 Å². The van der Waals surface area contributed by atoms with E-state index in [1.165, 1.54) is 14.2 Å². The van der Waals surface area contributed by atoms with Gasteiger partial charge in [-0.1, -0.05) is 56.7 Å². The standard InChI is InChI=1S/C30H30N4O5/c1-5-17(2)27(30(38)39-4)32-24(35)16-34-15-21(19-11-7-9-13-23(19)34)26-25(28(36)33(3)29(26)37)20-14-31-22-12-8-6-10-18(20)22/h6-15,17,27,31H,5,16H2,1-4H3,(H,32,35)/t17-,27+/m0/s1. The number of rotatable bonds is 8. The summed E-state index contributed by atoms with van der Waals surface area (Å²) in [6, 6.07) is 14.3. The molecule has 2 N–H and O–H groups in total. The minimum Gasteiger partial charge on any atom is -0.467 e. The van der Waals surface area contributed by atoms with Crippen LogP contribution in [-0.2, 0) is 30.5 Å². The Balaban J connectivity index is 1.61. The summed E-state index contributed by atoms with van der Waals surface area (Å²) < 4.78 is 6.63. The first kappa shape index (κ1) is 26.0. The minimum absolute atomic E-state index is 0.0852. The Morgan fingerprint density at radius 2 is 1.62 bits per heavy atom. The molecule has 2 atom stereocenters. The van der Waals surface area contributed by atoms with Crippen molar-refractivity contribution in [2.75, 3.05) is 14.2 Å². The summed E-state index contributed by atoms with van der Waals surface area (Å²) in [6.45, 7) is 3.73. The smallest absolute Gasteiger partial charge is 0.328 e. The van der Waals surface area contributed by atoms with Gasteiger partial charge in [0.25, 0.3) is 11.8 Å². The Morgan fingerprint density at radius 1 is 0.974 bits per heavy atom. The lowest BCUT2D eigenvalue weighted by molar-refractivity contribution is -0.146. The molecule has 2 aromatic carbocycles. The summed E-state index contributed by atoms with van der Waals surface area (Å²) in [5.41, 5.74) is 3.39. The van der Waals surface area contributed by atoms with E-state index in [1.54, 1.807) is 17.0 Å². The minimum atomic E-state index is -0.771. The lowest BCUT2D eigenvalue weighted by Gasteiger charge is -2.22. The third-order valence-corrected chi connectivity index (χ3v) is 7.50. The molecular weight excluding hydrogens is 496 g/mol. The van der Waals surface area contributed by atoms with E-state index in [0.29, 0.717) is 23.1 Å². The second-order valence-electron chi connectivity index (χ2n) is 9.81. The summed E-state index contributed by atoms with van der Waals surface area (Å²) in [5, 5.41) is 4.38. The number of methoxy groups -OCH3 is 1. The van der Waals surface area contributed by atoms with Crippen LogP contribution in [0.1, 0.15) is 31.4 Å². The van der Waals surface area contributed by atoms with E-state index >= 15 is 0 Å². The van der Waals surface area contributed by atoms with Gasteiger partial charge in [0.15, 0.2) is 0 Å². The highest BCUT2D eigenvalue weighted by Crippen LogP contribution is 2.40. The van der Waals surface area contributed by atoms with Crippen molar-refractivity contribution in [1.82, 2.24) is 19.8 Å². The molecule has 3 amide bonds. The number of hydrogen-bond donors (Lipinski definition) is 2. The first-order valence-electron chi connectivity index (χ1n) is 12.8. The number of imide groups is 1. The van der Waals surface area contributed by atoms with Gasteiger partial charge in [-0.05, 0) is 18.1 Å². The van der Waals surface area contributed by atoms with E-state index in [4.69, 9.17) is 4.74 Å². The van der Waals surface area contributed by atoms with Crippen molar-refractivity contribution >= 4 is 56.6 Å². The number of fused-ring (bicyclic) bond motifs is 2. The molecular formula is C30H30N4O5. The number of carbonyl (C=O) groups is 4. The van der Waals surface area contributed by atoms with Crippen molar-refractivity contribution in [1.29, 1.82) is 0 Å². The molecule has 200 valence electrons. The van der Waals surface area contributed by atoms with Crippen molar-refractivity contribution in [2.24, 2.45) is 5.92 Å². The average molecular weight is 527 g/mol. The summed E-state index contributed by atoms with van der Waals surface area (Å²) in [5.74, 6) is -1.77. The molecule has 3 heterocycles. The van der Waals surface area contributed by atoms with Crippen LogP contribution in [-0.4, -0.2) is 58.3 Å². The van der Waals surface area contributed by atoms with Crippen molar-refractivity contribution < 1.29 is 23.9 Å². The first-order chi connectivity index (χ1) is 18.8. The molecule has 0 fully saturated rings. The molecule has 2 aromatic heterocycles. The predicted molar refractivity (Wildman–Crippen MR) is 148 cm³/mol. The number of ether oxygens (including phenoxy) is 1. The van der Waals surface area contributed by atoms with Crippen molar-refractivity contribution in [2.45, 2.75) is 32.9 Å². The number of para-hydroxylation sites is 2. The van der Waals surface area contributed by atoms with E-state index in [0.717, 1.165) is 26.7 Å². The molecule has 5 rings (SSSR count). The monoisotopic (exact) mass is 526 g/mol. The second kappa shape index (κ2) is 10.2. The number of hydrogen-bond acceptors (Lipinski definition) is 5. The van der Waals surface area contributed by atoms with Crippen LogP contribution < -0.4 is 5.32 Å². The Morgan fingerprint density at radius 3 is 2.31 bits per heavy atom. The number of esters is 1. The maximum atomic E-state index is 13.5. The number of amides is 3. The molecule has 0 saturated carbocycles. The van der Waals surface area contributed by atoms with Crippen molar-refractivity contribution in [3.05, 3.63) is 72.1 Å². The fraction of sp³-hybridized carbons (Fsp3) is 0.267. The number of H-pyrrole nitrogens is 1. The highest BCUT2D eigenvalue weighted by Gasteiger charge is 2.39. The fourth-order valence-corrected chi connectivity index (χ4v) is 5.17. The third-order valence-electron chi connectivity index (χ3n) is 7.50. The molecule has 0 aliphatic carbocycles. The molecule has 0 radical (unpaired) electrons. The van der Waals surface area contributed by atoms with Gasteiger partial charge in [0.05, 0.1) is 18.3 Å². The average Bonchev–Trinajstić information content (AvgIpc) is 3.60. The Hall–Kier alpha value is -4.66. The summed E-state index contributed by atoms with van der Waals surface area (Å²) in [6.07, 6.45) is 4.17. The van der Waals surface area contributed by atoms with Gasteiger partial charge >= 0.3 is 5.97 Å². The Kier molecular flexibility index (Phi) is 6.82. The van der Waals surface area contributed by atoms with E-state index in [1.807, 2.05) is 62.4 Å². The lowest BCUT2D eigenvalue weighted by Crippen LogP contribution is -2.46. The number of aromatic nitrogens is 2. The molecule has 9 heteroatoms. The largest absolute Gasteiger partial charge is 0.467 e. The predicted octanol–water partition coefficient (Wildman–Crippen LogP) is 3.74. The molecule has 1 aliphatic heterocycles. The quantitative estimate of drug-likeness (QED) is 0.268. The number of carbonyl (C=O) groups excluding carboxylic acids is 4. The van der Waals surface area contributed by atoms with Gasteiger partial charge in [-0.15, -0.1) is 0 Å². The van der Waals surface area contributed by atoms with Gasteiger partial charge in [0.2, 0.25) is 5.91 Å². The lowest BCUT2D eigenvalue weighted by atomic mass is 9.95. The molecule has 0 bridgehead atoms. The summed E-state index contributed by atoms with van der Waals surface area (Å²) in [7, 11) is 2.77. The van der Waals surface area contributed by atoms with Crippen molar-refractivity contribution in [3.8, 4) is 0 Å². The van der Waals surface area contributed by atoms with E-state index in [2.05, 4.69) is 10.3 Å². The summed E-state index contributed by atoms with van der Waals surface area (Å²) in [4.78, 5) is 56.6. The van der Waals surface area contributed by atoms with Gasteiger partial charge in [0, 0.05) is 52.4 Å². The highest BCUT2D eigenvalue weighted by atomic mass is 16.5. The topological polar surface area (TPSA) is 113 Å². The van der Waals surface area contributed by atoms with Gasteiger partial charge in [-0.3, -0.25) is 19.3 Å². The van der Waals surface area contributed by atoms with Crippen LogP contribution in [0.4, 0.5) is 0 Å². The van der Waals surface area contributed by atoms with Crippen molar-refractivity contribution in [3.63, 3.8) is 0 Å². The number of nitrogens with zero attached hydrogens (tertiary/aromatic N) is 2. The van der Waals surface area contributed by atoms with E-state index < -0.39 is 17.9 Å². The van der Waals surface area contributed by atoms with Crippen LogP contribution >= 0.6 is 0 Å². The molecule has 9 nitrogen and oxygen atoms in total. The fourth-order valence-electron chi connectivity index (χ4n) is 5.17. The SMILES string of the molecule is CC[C@H](C)[C@@H](NC(=O)Cn1cc(C2=C(c3c[nH]c4ccccc34)C(=O)N(C)C2=O)c2ccccc21)C(=O)OC. The van der Waals surface area contributed by atoms with Crippen LogP contribution in [0.5, 0.6) is 0 Å². The maximum absolute atomic E-state index is 13.5. The van der Waals surface area contributed by atoms with Crippen LogP contribution in [0, 0.1) is 5.92 Å². The van der Waals surface area contributed by atoms with Gasteiger partial charge in [-0.2, -0.15) is 0 Å². The number of aromatic amines is 1. The molecule has 4 aromatic rings. The zero-order chi connectivity index (χ0) is 27.8. The van der Waals surface area contributed by atoms with Crippen LogP contribution in [0.2, 0.25) is 0 Å². The normalized spacial score (nSPS) is 15.3. The zero-order valence-corrected chi connectivity index (χ0v) is 22.3. The van der Waals surface area contributed by atoms with Crippen LogP contribution in [0.25, 0.3) is 33.0 Å². The van der Waals surface area contributed by atoms with E-state index in [-0.39, 0.29) is 29.9 Å². The third kappa shape index (κ3) is 4.39. The van der Waals surface area contributed by atoms with Crippen LogP contribution in [0.15, 0.2) is 60.9 Å². The maximum Gasteiger partial charge on any atom is 0.328 e. The van der Waals surface area contributed by atoms with Gasteiger partial charge in [-0.25, -0.2) is 4.79 Å². The second-order valence-corrected chi connectivity index (χ2v) is 9.81. The summed E-state index contributed by atoms with van der Waals surface area (Å²) >= 11 is 0. The number of benzene rings is 2. The number of likely N-dealkylation sites (N-methyl/N-ethyl adjacent to an activating group) is 1. The van der Waals surface area contributed by atoms with Gasteiger partial charge < -0.3 is 19.6 Å². The molecule has 39 heavy (non-hydrogen) atoms. The zero-order valence-electron chi connectivity index (χ0n) is 22.3. The molecule has 0 saturated heterocycles. The Bertz CT molecular complexity index is 1660. The molecule has 0 unspecified atom stereocenters. The highest BCUT2D eigenvalue weighted by molar-refractivity contribution is 6.50. The first-order valence-corrected chi connectivity index (χ1v) is 12.8. The van der Waals surface area contributed by atoms with E-state index in [9.17, 15) is 19.2 Å². The molecule has 0 spiro atoms. The van der Waals surface area contributed by atoms with Gasteiger partial charge in [0.1, 0.15) is 12.6 Å². The number of nitrogens with one attached hydrogen (secondary N) is 2.